The van der Waals surface area contributed by atoms with Crippen LogP contribution in [-0.4, -0.2) is 43.7 Å². The van der Waals surface area contributed by atoms with E-state index >= 15 is 0 Å². The molecule has 0 saturated heterocycles. The maximum atomic E-state index is 11.9. The van der Waals surface area contributed by atoms with Crippen molar-refractivity contribution in [1.82, 2.24) is 20.4 Å². The monoisotopic (exact) mass is 512 g/mol. The molecule has 8 nitrogen and oxygen atoms in total. The van der Waals surface area contributed by atoms with E-state index in [9.17, 15) is 9.59 Å². The molecule has 2 amide bonds. The molecular formula is C22H36N6O2S3. The summed E-state index contributed by atoms with van der Waals surface area (Å²) in [6.45, 7) is 4.32. The maximum Gasteiger partial charge on any atom is 0.226 e. The van der Waals surface area contributed by atoms with Crippen molar-refractivity contribution in [3.8, 4) is 0 Å². The minimum Gasteiger partial charge on any atom is -0.301 e. The molecule has 0 unspecified atom stereocenters. The van der Waals surface area contributed by atoms with Gasteiger partial charge < -0.3 is 10.6 Å². The lowest BCUT2D eigenvalue weighted by Crippen LogP contribution is -2.10. The number of aromatic nitrogens is 4. The molecule has 0 spiro atoms. The minimum atomic E-state index is 0.0206. The molecule has 33 heavy (non-hydrogen) atoms. The number of carbonyl (C=O) groups excluding carboxylic acids is 2. The van der Waals surface area contributed by atoms with Crippen LogP contribution in [0.5, 0.6) is 0 Å². The van der Waals surface area contributed by atoms with Crippen molar-refractivity contribution in [2.45, 2.75) is 90.9 Å². The molecule has 0 atom stereocenters. The van der Waals surface area contributed by atoms with Crippen molar-refractivity contribution in [3.63, 3.8) is 0 Å². The zero-order valence-electron chi connectivity index (χ0n) is 19.7. The van der Waals surface area contributed by atoms with Gasteiger partial charge in [-0.25, -0.2) is 0 Å². The third kappa shape index (κ3) is 12.4. The molecule has 0 saturated carbocycles. The van der Waals surface area contributed by atoms with Crippen LogP contribution in [-0.2, 0) is 22.4 Å². The van der Waals surface area contributed by atoms with Gasteiger partial charge in [0, 0.05) is 25.7 Å². The van der Waals surface area contributed by atoms with E-state index in [1.54, 1.807) is 0 Å². The fraction of sp³-hybridized carbons (Fsp3) is 0.727. The van der Waals surface area contributed by atoms with Crippen LogP contribution < -0.4 is 10.6 Å². The highest BCUT2D eigenvalue weighted by Crippen LogP contribution is 2.20. The van der Waals surface area contributed by atoms with Crippen LogP contribution in [0.4, 0.5) is 10.3 Å². The normalized spacial score (nSPS) is 11.0. The molecule has 11 heteroatoms. The number of carbonyl (C=O) groups is 2. The summed E-state index contributed by atoms with van der Waals surface area (Å²) in [5.74, 6) is 1.90. The number of anilines is 2. The molecule has 0 aromatic carbocycles. The van der Waals surface area contributed by atoms with Gasteiger partial charge in [-0.2, -0.15) is 11.8 Å². The van der Waals surface area contributed by atoms with E-state index in [1.165, 1.54) is 48.4 Å². The predicted octanol–water partition coefficient (Wildman–Crippen LogP) is 5.73. The first-order valence-corrected chi connectivity index (χ1v) is 14.7. The third-order valence-corrected chi connectivity index (χ3v) is 7.64. The standard InChI is InChI=1S/C22H36N6O2S3/c1-3-5-7-9-11-17(29)23-21-27-25-19(32-21)13-15-31-16-14-20-26-28-22(33-20)24-18(30)12-10-8-6-4-2/h3-16H2,1-2H3,(H,23,27,29)(H,24,28,30). The highest BCUT2D eigenvalue weighted by Gasteiger charge is 2.10. The van der Waals surface area contributed by atoms with E-state index in [0.717, 1.165) is 60.0 Å². The molecule has 2 N–H and O–H groups in total. The molecule has 2 rings (SSSR count). The maximum absolute atomic E-state index is 11.9. The largest absolute Gasteiger partial charge is 0.301 e. The lowest BCUT2D eigenvalue weighted by molar-refractivity contribution is -0.117. The Hall–Kier alpha value is -1.59. The lowest BCUT2D eigenvalue weighted by atomic mass is 10.1. The zero-order valence-corrected chi connectivity index (χ0v) is 22.2. The molecule has 2 heterocycles. The van der Waals surface area contributed by atoms with Crippen molar-refractivity contribution in [2.75, 3.05) is 22.1 Å². The summed E-state index contributed by atoms with van der Waals surface area (Å²) in [7, 11) is 0. The first-order chi connectivity index (χ1) is 16.1. The molecular weight excluding hydrogens is 476 g/mol. The number of nitrogens with one attached hydrogen (secondary N) is 2. The van der Waals surface area contributed by atoms with Gasteiger partial charge in [0.15, 0.2) is 0 Å². The van der Waals surface area contributed by atoms with Crippen molar-refractivity contribution in [2.24, 2.45) is 0 Å². The van der Waals surface area contributed by atoms with E-state index in [1.807, 2.05) is 11.8 Å². The van der Waals surface area contributed by atoms with Gasteiger partial charge in [-0.05, 0) is 24.3 Å². The Morgan fingerprint density at radius 2 is 1.15 bits per heavy atom. The van der Waals surface area contributed by atoms with Crippen molar-refractivity contribution in [3.05, 3.63) is 10.0 Å². The Labute approximate surface area is 209 Å². The fourth-order valence-electron chi connectivity index (χ4n) is 3.02. The fourth-order valence-corrected chi connectivity index (χ4v) is 5.67. The van der Waals surface area contributed by atoms with E-state index in [0.29, 0.717) is 23.1 Å². The van der Waals surface area contributed by atoms with Gasteiger partial charge >= 0.3 is 0 Å². The Morgan fingerprint density at radius 1 is 0.697 bits per heavy atom. The topological polar surface area (TPSA) is 110 Å². The number of nitrogens with zero attached hydrogens (tertiary/aromatic N) is 4. The van der Waals surface area contributed by atoms with Gasteiger partial charge in [-0.3, -0.25) is 9.59 Å². The Kier molecular flexibility index (Phi) is 14.2. The highest BCUT2D eigenvalue weighted by atomic mass is 32.2. The van der Waals surface area contributed by atoms with E-state index < -0.39 is 0 Å². The second kappa shape index (κ2) is 16.9. The van der Waals surface area contributed by atoms with Crippen LogP contribution in [0.15, 0.2) is 0 Å². The summed E-state index contributed by atoms with van der Waals surface area (Å²) in [5, 5.41) is 25.3. The number of amides is 2. The minimum absolute atomic E-state index is 0.0206. The summed E-state index contributed by atoms with van der Waals surface area (Å²) in [5.41, 5.74) is 0. The van der Waals surface area contributed by atoms with E-state index in [4.69, 9.17) is 0 Å². The van der Waals surface area contributed by atoms with Crippen molar-refractivity contribution < 1.29 is 9.59 Å². The molecule has 184 valence electrons. The Morgan fingerprint density at radius 3 is 1.58 bits per heavy atom. The van der Waals surface area contributed by atoms with Crippen LogP contribution in [0.1, 0.15) is 88.1 Å². The van der Waals surface area contributed by atoms with Gasteiger partial charge in [-0.1, -0.05) is 75.0 Å². The molecule has 0 radical (unpaired) electrons. The second-order valence-electron chi connectivity index (χ2n) is 7.83. The van der Waals surface area contributed by atoms with Crippen LogP contribution in [0, 0.1) is 0 Å². The highest BCUT2D eigenvalue weighted by molar-refractivity contribution is 7.99. The Bertz CT molecular complexity index is 760. The first kappa shape index (κ1) is 27.7. The Balaban J connectivity index is 1.56. The third-order valence-electron chi connectivity index (χ3n) is 4.86. The summed E-state index contributed by atoms with van der Waals surface area (Å²) >= 11 is 4.72. The number of hydrogen-bond donors (Lipinski definition) is 2. The quantitative estimate of drug-likeness (QED) is 0.246. The van der Waals surface area contributed by atoms with Crippen LogP contribution in [0.3, 0.4) is 0 Å². The van der Waals surface area contributed by atoms with Gasteiger partial charge in [0.2, 0.25) is 22.1 Å². The average Bonchev–Trinajstić information content (AvgIpc) is 3.43. The van der Waals surface area contributed by atoms with Gasteiger partial charge in [-0.15, -0.1) is 20.4 Å². The first-order valence-electron chi connectivity index (χ1n) is 11.9. The number of rotatable bonds is 18. The average molecular weight is 513 g/mol. The zero-order chi connectivity index (χ0) is 23.7. The summed E-state index contributed by atoms with van der Waals surface area (Å²) in [6, 6.07) is 0. The summed E-state index contributed by atoms with van der Waals surface area (Å²) in [6.07, 6.45) is 11.4. The van der Waals surface area contributed by atoms with Crippen LogP contribution in [0.2, 0.25) is 0 Å². The van der Waals surface area contributed by atoms with Crippen LogP contribution >= 0.6 is 34.4 Å². The smallest absolute Gasteiger partial charge is 0.226 e. The van der Waals surface area contributed by atoms with E-state index in [-0.39, 0.29) is 11.8 Å². The van der Waals surface area contributed by atoms with Crippen molar-refractivity contribution in [1.29, 1.82) is 0 Å². The van der Waals surface area contributed by atoms with Gasteiger partial charge in [0.05, 0.1) is 0 Å². The number of thioether (sulfide) groups is 1. The molecule has 2 aromatic heterocycles. The van der Waals surface area contributed by atoms with Crippen molar-refractivity contribution >= 4 is 56.5 Å². The second-order valence-corrected chi connectivity index (χ2v) is 11.2. The predicted molar refractivity (Wildman–Crippen MR) is 139 cm³/mol. The number of aryl methyl sites for hydroxylation is 2. The van der Waals surface area contributed by atoms with Crippen LogP contribution in [0.25, 0.3) is 0 Å². The molecule has 0 aliphatic heterocycles. The van der Waals surface area contributed by atoms with Gasteiger partial charge in [0.25, 0.3) is 0 Å². The lowest BCUT2D eigenvalue weighted by Gasteiger charge is -2.00. The molecule has 2 aromatic rings. The summed E-state index contributed by atoms with van der Waals surface area (Å²) in [4.78, 5) is 23.9. The number of hydrogen-bond acceptors (Lipinski definition) is 9. The molecule has 0 aliphatic carbocycles. The molecule has 0 fully saturated rings. The van der Waals surface area contributed by atoms with Gasteiger partial charge in [0.1, 0.15) is 10.0 Å². The number of unbranched alkanes of at least 4 members (excludes halogenated alkanes) is 6. The van der Waals surface area contributed by atoms with E-state index in [2.05, 4.69) is 44.9 Å². The SMILES string of the molecule is CCCCCCC(=O)Nc1nnc(CCSCCc2nnc(NC(=O)CCCCCC)s2)s1. The molecule has 0 bridgehead atoms. The molecule has 0 aliphatic rings. The summed E-state index contributed by atoms with van der Waals surface area (Å²) < 4.78 is 0.